The van der Waals surface area contributed by atoms with Crippen LogP contribution in [0, 0.1) is 11.8 Å². The number of aliphatic carboxylic acids is 1. The summed E-state index contributed by atoms with van der Waals surface area (Å²) < 4.78 is 0. The fourth-order valence-corrected chi connectivity index (χ4v) is 1.87. The molecule has 0 spiro atoms. The molecule has 0 bridgehead atoms. The Morgan fingerprint density at radius 3 is 2.16 bits per heavy atom. The molecule has 0 heterocycles. The van der Waals surface area contributed by atoms with Gasteiger partial charge in [0.05, 0.1) is 5.92 Å². The highest BCUT2D eigenvalue weighted by molar-refractivity contribution is 5.78. The maximum atomic E-state index is 11.8. The van der Waals surface area contributed by atoms with Gasteiger partial charge >= 0.3 is 5.97 Å². The zero-order valence-electron chi connectivity index (χ0n) is 12.3. The molecule has 0 aromatic rings. The first kappa shape index (κ1) is 17.9. The summed E-state index contributed by atoms with van der Waals surface area (Å²) in [5.74, 6) is -1.02. The van der Waals surface area contributed by atoms with E-state index in [1.807, 2.05) is 13.8 Å². The number of nitrogens with two attached hydrogens (primary N) is 1. The molecule has 0 aliphatic heterocycles. The lowest BCUT2D eigenvalue weighted by atomic mass is 10.0. The third kappa shape index (κ3) is 8.59. The Kier molecular flexibility index (Phi) is 9.21. The van der Waals surface area contributed by atoms with Crippen molar-refractivity contribution in [3.8, 4) is 0 Å². The predicted octanol–water partition coefficient (Wildman–Crippen LogP) is 1.76. The summed E-state index contributed by atoms with van der Waals surface area (Å²) in [5, 5.41) is 11.7. The van der Waals surface area contributed by atoms with Gasteiger partial charge in [0, 0.05) is 12.0 Å². The van der Waals surface area contributed by atoms with Crippen molar-refractivity contribution in [1.29, 1.82) is 0 Å². The second-order valence-electron chi connectivity index (χ2n) is 5.41. The van der Waals surface area contributed by atoms with Gasteiger partial charge in [0.15, 0.2) is 0 Å². The maximum Gasteiger partial charge on any atom is 0.306 e. The molecule has 19 heavy (non-hydrogen) atoms. The first-order chi connectivity index (χ1) is 8.88. The fraction of sp³-hybridized carbons (Fsp3) is 0.857. The molecule has 112 valence electrons. The molecule has 0 saturated carbocycles. The van der Waals surface area contributed by atoms with Gasteiger partial charge in [-0.25, -0.2) is 0 Å². The van der Waals surface area contributed by atoms with Crippen molar-refractivity contribution >= 4 is 11.9 Å². The number of carboxylic acid groups (broad SMARTS) is 1. The molecule has 3 atom stereocenters. The molecule has 0 radical (unpaired) electrons. The van der Waals surface area contributed by atoms with Gasteiger partial charge in [-0.15, -0.1) is 0 Å². The largest absolute Gasteiger partial charge is 0.481 e. The molecule has 1 amide bonds. The topological polar surface area (TPSA) is 92.4 Å². The SMILES string of the molecule is CC(CCCC(C)C(=O)O)NC(=O)C(C)CCCN. The van der Waals surface area contributed by atoms with Crippen molar-refractivity contribution in [2.24, 2.45) is 17.6 Å². The Morgan fingerprint density at radius 1 is 1.05 bits per heavy atom. The van der Waals surface area contributed by atoms with Crippen LogP contribution >= 0.6 is 0 Å². The summed E-state index contributed by atoms with van der Waals surface area (Å²) in [6, 6.07) is 0.0915. The zero-order valence-corrected chi connectivity index (χ0v) is 12.3. The van der Waals surface area contributed by atoms with Gasteiger partial charge in [0.2, 0.25) is 5.91 Å². The molecule has 0 fully saturated rings. The standard InChI is InChI=1S/C14H28N2O3/c1-10(7-5-9-15)13(17)16-12(3)8-4-6-11(2)14(18)19/h10-12H,4-9,15H2,1-3H3,(H,16,17)(H,18,19). The van der Waals surface area contributed by atoms with Crippen LogP contribution in [-0.2, 0) is 9.59 Å². The van der Waals surface area contributed by atoms with Gasteiger partial charge < -0.3 is 16.2 Å². The molecule has 0 rings (SSSR count). The maximum absolute atomic E-state index is 11.8. The van der Waals surface area contributed by atoms with Crippen molar-refractivity contribution in [3.63, 3.8) is 0 Å². The Labute approximate surface area is 115 Å². The van der Waals surface area contributed by atoms with Gasteiger partial charge in [-0.05, 0) is 39.2 Å². The van der Waals surface area contributed by atoms with E-state index >= 15 is 0 Å². The van der Waals surface area contributed by atoms with Gasteiger partial charge in [-0.1, -0.05) is 20.3 Å². The van der Waals surface area contributed by atoms with Crippen molar-refractivity contribution in [2.45, 2.75) is 58.9 Å². The number of carbonyl (C=O) groups excluding carboxylic acids is 1. The van der Waals surface area contributed by atoms with E-state index in [2.05, 4.69) is 5.32 Å². The lowest BCUT2D eigenvalue weighted by Gasteiger charge is -2.17. The van der Waals surface area contributed by atoms with Gasteiger partial charge in [0.25, 0.3) is 0 Å². The fourth-order valence-electron chi connectivity index (χ4n) is 1.87. The van der Waals surface area contributed by atoms with Crippen molar-refractivity contribution in [2.75, 3.05) is 6.54 Å². The molecule has 5 heteroatoms. The van der Waals surface area contributed by atoms with Gasteiger partial charge in [-0.2, -0.15) is 0 Å². The van der Waals surface area contributed by atoms with Crippen LogP contribution in [0.15, 0.2) is 0 Å². The first-order valence-corrected chi connectivity index (χ1v) is 7.11. The predicted molar refractivity (Wildman–Crippen MR) is 75.7 cm³/mol. The summed E-state index contributed by atoms with van der Waals surface area (Å²) in [4.78, 5) is 22.5. The average molecular weight is 272 g/mol. The molecule has 0 aromatic carbocycles. The van der Waals surface area contributed by atoms with E-state index in [1.54, 1.807) is 6.92 Å². The number of amides is 1. The van der Waals surface area contributed by atoms with E-state index < -0.39 is 5.97 Å². The molecule has 3 unspecified atom stereocenters. The van der Waals surface area contributed by atoms with Crippen molar-refractivity contribution in [3.05, 3.63) is 0 Å². The molecule has 0 saturated heterocycles. The number of rotatable bonds is 10. The quantitative estimate of drug-likeness (QED) is 0.565. The summed E-state index contributed by atoms with van der Waals surface area (Å²) in [6.07, 6.45) is 3.95. The lowest BCUT2D eigenvalue weighted by Crippen LogP contribution is -2.36. The van der Waals surface area contributed by atoms with E-state index in [1.165, 1.54) is 0 Å². The monoisotopic (exact) mass is 272 g/mol. The third-order valence-electron chi connectivity index (χ3n) is 3.37. The smallest absolute Gasteiger partial charge is 0.306 e. The second kappa shape index (κ2) is 9.78. The normalized spacial score (nSPS) is 15.6. The molecule has 0 aliphatic carbocycles. The van der Waals surface area contributed by atoms with E-state index in [-0.39, 0.29) is 23.8 Å². The second-order valence-corrected chi connectivity index (χ2v) is 5.41. The van der Waals surface area contributed by atoms with E-state index in [4.69, 9.17) is 10.8 Å². The average Bonchev–Trinajstić information content (AvgIpc) is 2.35. The van der Waals surface area contributed by atoms with E-state index in [9.17, 15) is 9.59 Å². The van der Waals surface area contributed by atoms with Gasteiger partial charge in [-0.3, -0.25) is 9.59 Å². The Hall–Kier alpha value is -1.10. The molecule has 4 N–H and O–H groups in total. The van der Waals surface area contributed by atoms with Crippen LogP contribution < -0.4 is 11.1 Å². The van der Waals surface area contributed by atoms with Crippen LogP contribution in [0.1, 0.15) is 52.9 Å². The van der Waals surface area contributed by atoms with Crippen LogP contribution in [-0.4, -0.2) is 29.6 Å². The molecule has 5 nitrogen and oxygen atoms in total. The summed E-state index contributed by atoms with van der Waals surface area (Å²) >= 11 is 0. The lowest BCUT2D eigenvalue weighted by molar-refractivity contribution is -0.141. The minimum atomic E-state index is -0.757. The van der Waals surface area contributed by atoms with Crippen LogP contribution in [0.3, 0.4) is 0 Å². The van der Waals surface area contributed by atoms with Gasteiger partial charge in [0.1, 0.15) is 0 Å². The minimum absolute atomic E-state index is 0.0102. The number of hydrogen-bond donors (Lipinski definition) is 3. The van der Waals surface area contributed by atoms with E-state index in [0.29, 0.717) is 13.0 Å². The highest BCUT2D eigenvalue weighted by Crippen LogP contribution is 2.11. The Bertz CT molecular complexity index is 282. The number of carboxylic acids is 1. The Morgan fingerprint density at radius 2 is 1.63 bits per heavy atom. The van der Waals surface area contributed by atoms with Crippen LogP contribution in [0.5, 0.6) is 0 Å². The summed E-state index contributed by atoms with van der Waals surface area (Å²) in [6.45, 7) is 6.18. The molecule has 0 aliphatic rings. The molecular formula is C14H28N2O3. The molecule has 0 aromatic heterocycles. The third-order valence-corrected chi connectivity index (χ3v) is 3.37. The van der Waals surface area contributed by atoms with Crippen LogP contribution in [0.2, 0.25) is 0 Å². The summed E-state index contributed by atoms with van der Waals surface area (Å²) in [5.41, 5.74) is 5.42. The zero-order chi connectivity index (χ0) is 14.8. The van der Waals surface area contributed by atoms with Crippen LogP contribution in [0.25, 0.3) is 0 Å². The summed E-state index contributed by atoms with van der Waals surface area (Å²) in [7, 11) is 0. The van der Waals surface area contributed by atoms with Crippen LogP contribution in [0.4, 0.5) is 0 Å². The van der Waals surface area contributed by atoms with Crippen molar-refractivity contribution < 1.29 is 14.7 Å². The van der Waals surface area contributed by atoms with Crippen molar-refractivity contribution in [1.82, 2.24) is 5.32 Å². The number of hydrogen-bond acceptors (Lipinski definition) is 3. The minimum Gasteiger partial charge on any atom is -0.481 e. The first-order valence-electron chi connectivity index (χ1n) is 7.11. The highest BCUT2D eigenvalue weighted by atomic mass is 16.4. The Balaban J connectivity index is 3.81. The number of nitrogens with one attached hydrogen (secondary N) is 1. The number of carbonyl (C=O) groups is 2. The highest BCUT2D eigenvalue weighted by Gasteiger charge is 2.15. The molecular weight excluding hydrogens is 244 g/mol. The van der Waals surface area contributed by atoms with E-state index in [0.717, 1.165) is 25.7 Å².